The van der Waals surface area contributed by atoms with E-state index in [1.54, 1.807) is 30.3 Å². The number of nitrogens with one attached hydrogen (secondary N) is 1. The molecule has 8 heteroatoms. The molecule has 0 saturated carbocycles. The molecule has 29 heavy (non-hydrogen) atoms. The first-order valence-electron chi connectivity index (χ1n) is 9.08. The van der Waals surface area contributed by atoms with Crippen LogP contribution in [-0.4, -0.2) is 32.4 Å². The van der Waals surface area contributed by atoms with Gasteiger partial charge in [-0.25, -0.2) is 5.43 Å². The second-order valence-electron chi connectivity index (χ2n) is 6.51. The first-order chi connectivity index (χ1) is 13.9. The number of amides is 1. The zero-order valence-electron chi connectivity index (χ0n) is 16.5. The van der Waals surface area contributed by atoms with E-state index in [0.717, 1.165) is 6.42 Å². The number of hydrogen-bond donors (Lipinski definition) is 1. The maximum Gasteiger partial charge on any atom is 0.387 e. The van der Waals surface area contributed by atoms with Crippen molar-refractivity contribution in [2.75, 3.05) is 13.7 Å². The monoisotopic (exact) mass is 406 g/mol. The van der Waals surface area contributed by atoms with E-state index in [-0.39, 0.29) is 17.1 Å². The first-order valence-corrected chi connectivity index (χ1v) is 9.08. The lowest BCUT2D eigenvalue weighted by molar-refractivity contribution is -0.0513. The van der Waals surface area contributed by atoms with Crippen LogP contribution >= 0.6 is 0 Å². The molecule has 0 aliphatic rings. The highest BCUT2D eigenvalue weighted by atomic mass is 19.3. The van der Waals surface area contributed by atoms with Crippen LogP contribution in [0, 0.1) is 5.92 Å². The maximum atomic E-state index is 12.6. The number of rotatable bonds is 10. The number of nitrogens with zero attached hydrogens (tertiary/aromatic N) is 1. The molecule has 2 aromatic carbocycles. The fourth-order valence-corrected chi connectivity index (χ4v) is 2.35. The van der Waals surface area contributed by atoms with E-state index in [2.05, 4.69) is 29.1 Å². The van der Waals surface area contributed by atoms with Crippen LogP contribution in [0.5, 0.6) is 17.2 Å². The molecule has 0 saturated heterocycles. The summed E-state index contributed by atoms with van der Waals surface area (Å²) in [7, 11) is 1.34. The third-order valence-corrected chi connectivity index (χ3v) is 3.89. The van der Waals surface area contributed by atoms with Crippen molar-refractivity contribution in [2.45, 2.75) is 26.9 Å². The second-order valence-corrected chi connectivity index (χ2v) is 6.51. The zero-order valence-corrected chi connectivity index (χ0v) is 16.5. The molecule has 0 aliphatic carbocycles. The predicted molar refractivity (Wildman–Crippen MR) is 106 cm³/mol. The molecule has 0 bridgehead atoms. The lowest BCUT2D eigenvalue weighted by Crippen LogP contribution is -2.17. The van der Waals surface area contributed by atoms with Gasteiger partial charge in [0.15, 0.2) is 11.5 Å². The molecule has 1 N–H and O–H groups in total. The summed E-state index contributed by atoms with van der Waals surface area (Å²) in [4.78, 5) is 12.2. The van der Waals surface area contributed by atoms with E-state index in [4.69, 9.17) is 9.47 Å². The Bertz CT molecular complexity index is 824. The summed E-state index contributed by atoms with van der Waals surface area (Å²) < 4.78 is 40.4. The van der Waals surface area contributed by atoms with Gasteiger partial charge in [-0.1, -0.05) is 19.9 Å². The molecule has 0 aliphatic heterocycles. The highest BCUT2D eigenvalue weighted by molar-refractivity contribution is 5.95. The van der Waals surface area contributed by atoms with Crippen LogP contribution in [0.15, 0.2) is 47.6 Å². The summed E-state index contributed by atoms with van der Waals surface area (Å²) in [5.41, 5.74) is 2.97. The van der Waals surface area contributed by atoms with Crippen LogP contribution in [0.2, 0.25) is 0 Å². The topological polar surface area (TPSA) is 69.2 Å². The summed E-state index contributed by atoms with van der Waals surface area (Å²) in [5, 5.41) is 3.82. The summed E-state index contributed by atoms with van der Waals surface area (Å²) in [6.07, 6.45) is 2.15. The van der Waals surface area contributed by atoms with Gasteiger partial charge in [0.2, 0.25) is 0 Å². The van der Waals surface area contributed by atoms with Crippen LogP contribution in [-0.2, 0) is 0 Å². The van der Waals surface area contributed by atoms with Crippen molar-refractivity contribution in [3.63, 3.8) is 0 Å². The highest BCUT2D eigenvalue weighted by Crippen LogP contribution is 2.31. The Morgan fingerprint density at radius 2 is 1.90 bits per heavy atom. The van der Waals surface area contributed by atoms with Gasteiger partial charge in [0.1, 0.15) is 5.75 Å². The van der Waals surface area contributed by atoms with E-state index in [1.165, 1.54) is 25.5 Å². The van der Waals surface area contributed by atoms with Crippen molar-refractivity contribution in [1.82, 2.24) is 5.43 Å². The van der Waals surface area contributed by atoms with Crippen LogP contribution in [0.4, 0.5) is 8.78 Å². The number of carbonyl (C=O) groups excluding carboxylic acids is 1. The Hall–Kier alpha value is -3.16. The number of alkyl halides is 2. The molecule has 0 heterocycles. The summed E-state index contributed by atoms with van der Waals surface area (Å²) in [6.45, 7) is 1.82. The van der Waals surface area contributed by atoms with E-state index < -0.39 is 12.5 Å². The average Bonchev–Trinajstić information content (AvgIpc) is 2.68. The number of hydrazone groups is 1. The van der Waals surface area contributed by atoms with E-state index >= 15 is 0 Å². The molecular formula is C21H24F2N2O4. The van der Waals surface area contributed by atoms with E-state index in [1.807, 2.05) is 0 Å². The van der Waals surface area contributed by atoms with Gasteiger partial charge in [0.25, 0.3) is 5.91 Å². The number of carbonyl (C=O) groups is 1. The van der Waals surface area contributed by atoms with Gasteiger partial charge in [-0.05, 0) is 48.7 Å². The number of para-hydroxylation sites is 1. The highest BCUT2D eigenvalue weighted by Gasteiger charge is 2.14. The molecule has 2 aromatic rings. The van der Waals surface area contributed by atoms with Crippen LogP contribution in [0.1, 0.15) is 36.2 Å². The molecule has 0 unspecified atom stereocenters. The Kier molecular flexibility index (Phi) is 8.39. The van der Waals surface area contributed by atoms with Crippen molar-refractivity contribution in [3.8, 4) is 17.2 Å². The van der Waals surface area contributed by atoms with Crippen molar-refractivity contribution >= 4 is 12.1 Å². The molecule has 0 spiro atoms. The lowest BCUT2D eigenvalue weighted by Gasteiger charge is -2.12. The molecule has 0 fully saturated rings. The van der Waals surface area contributed by atoms with Gasteiger partial charge < -0.3 is 14.2 Å². The SMILES string of the molecule is COc1cccc(/C=N\NC(=O)c2ccc(OCCC(C)C)cc2)c1OC(F)F. The third-order valence-electron chi connectivity index (χ3n) is 3.89. The minimum Gasteiger partial charge on any atom is -0.494 e. The summed E-state index contributed by atoms with van der Waals surface area (Å²) in [5.74, 6) is 0.749. The Morgan fingerprint density at radius 1 is 1.17 bits per heavy atom. The van der Waals surface area contributed by atoms with Crippen molar-refractivity contribution in [2.24, 2.45) is 11.0 Å². The molecule has 6 nitrogen and oxygen atoms in total. The number of ether oxygens (including phenoxy) is 3. The Labute approximate surface area is 168 Å². The predicted octanol–water partition coefficient (Wildman–Crippen LogP) is 4.49. The summed E-state index contributed by atoms with van der Waals surface area (Å²) in [6, 6.07) is 11.2. The van der Waals surface area contributed by atoms with Crippen molar-refractivity contribution in [1.29, 1.82) is 0 Å². The Morgan fingerprint density at radius 3 is 2.52 bits per heavy atom. The van der Waals surface area contributed by atoms with Gasteiger partial charge >= 0.3 is 6.61 Å². The van der Waals surface area contributed by atoms with Crippen LogP contribution in [0.25, 0.3) is 0 Å². The molecule has 0 atom stereocenters. The minimum absolute atomic E-state index is 0.133. The van der Waals surface area contributed by atoms with Gasteiger partial charge in [0, 0.05) is 11.1 Å². The molecule has 0 radical (unpaired) electrons. The van der Waals surface area contributed by atoms with Crippen molar-refractivity contribution in [3.05, 3.63) is 53.6 Å². The molecule has 156 valence electrons. The number of benzene rings is 2. The molecule has 2 rings (SSSR count). The van der Waals surface area contributed by atoms with E-state index in [9.17, 15) is 13.6 Å². The number of halogens is 2. The van der Waals surface area contributed by atoms with Crippen LogP contribution in [0.3, 0.4) is 0 Å². The standard InChI is InChI=1S/C21H24F2N2O4/c1-14(2)11-12-28-17-9-7-15(8-10-17)20(26)25-24-13-16-5-4-6-18(27-3)19(16)29-21(22)23/h4-10,13-14,21H,11-12H2,1-3H3,(H,25,26)/b24-13-. The lowest BCUT2D eigenvalue weighted by atomic mass is 10.1. The second kappa shape index (κ2) is 11.0. The fraction of sp³-hybridized carbons (Fsp3) is 0.333. The maximum absolute atomic E-state index is 12.6. The Balaban J connectivity index is 1.99. The average molecular weight is 406 g/mol. The third kappa shape index (κ3) is 7.06. The van der Waals surface area contributed by atoms with Crippen molar-refractivity contribution < 1.29 is 27.8 Å². The van der Waals surface area contributed by atoms with Crippen LogP contribution < -0.4 is 19.6 Å². The fourth-order valence-electron chi connectivity index (χ4n) is 2.35. The molecule has 0 aromatic heterocycles. The minimum atomic E-state index is -3.02. The molecule has 1 amide bonds. The van der Waals surface area contributed by atoms with Gasteiger partial charge in [-0.3, -0.25) is 4.79 Å². The quantitative estimate of drug-likeness (QED) is 0.466. The molecular weight excluding hydrogens is 382 g/mol. The van der Waals surface area contributed by atoms with Gasteiger partial charge in [-0.15, -0.1) is 0 Å². The van der Waals surface area contributed by atoms with Gasteiger partial charge in [0.05, 0.1) is 19.9 Å². The van der Waals surface area contributed by atoms with Gasteiger partial charge in [-0.2, -0.15) is 13.9 Å². The summed E-state index contributed by atoms with van der Waals surface area (Å²) >= 11 is 0. The van der Waals surface area contributed by atoms with E-state index in [0.29, 0.717) is 23.8 Å². The first kappa shape index (κ1) is 22.1. The zero-order chi connectivity index (χ0) is 21.2. The smallest absolute Gasteiger partial charge is 0.387 e. The largest absolute Gasteiger partial charge is 0.494 e. The number of methoxy groups -OCH3 is 1. The number of hydrogen-bond acceptors (Lipinski definition) is 5. The normalized spacial score (nSPS) is 11.1.